The van der Waals surface area contributed by atoms with Crippen LogP contribution in [0.2, 0.25) is 0 Å². The molecule has 0 saturated carbocycles. The summed E-state index contributed by atoms with van der Waals surface area (Å²) in [4.78, 5) is 11.9. The number of aromatic nitrogens is 2. The van der Waals surface area contributed by atoms with Crippen molar-refractivity contribution in [3.8, 4) is 0 Å². The second-order valence-electron chi connectivity index (χ2n) is 5.07. The van der Waals surface area contributed by atoms with Gasteiger partial charge >= 0.3 is 0 Å². The van der Waals surface area contributed by atoms with E-state index in [0.717, 1.165) is 0 Å². The predicted octanol–water partition coefficient (Wildman–Crippen LogP) is 2.38. The molecule has 2 aromatic rings. The molecule has 1 aromatic heterocycles. The average molecular weight is 284 g/mol. The molecule has 1 amide bonds. The fourth-order valence-electron chi connectivity index (χ4n) is 2.41. The Balaban J connectivity index is 1.92. The van der Waals surface area contributed by atoms with E-state index in [1.807, 2.05) is 6.07 Å². The fourth-order valence-corrected chi connectivity index (χ4v) is 2.41. The van der Waals surface area contributed by atoms with Gasteiger partial charge in [0.2, 0.25) is 5.91 Å². The summed E-state index contributed by atoms with van der Waals surface area (Å²) in [5.41, 5.74) is 3.69. The molecule has 1 atom stereocenters. The van der Waals surface area contributed by atoms with Crippen LogP contribution in [0, 0.1) is 13.8 Å². The molecule has 0 saturated heterocycles. The third kappa shape index (κ3) is 4.10. The van der Waals surface area contributed by atoms with Crippen LogP contribution in [0.25, 0.3) is 0 Å². The van der Waals surface area contributed by atoms with E-state index >= 15 is 0 Å². The van der Waals surface area contributed by atoms with Crippen molar-refractivity contribution in [2.45, 2.75) is 26.8 Å². The van der Waals surface area contributed by atoms with Crippen LogP contribution < -0.4 is 10.6 Å². The highest BCUT2D eigenvalue weighted by Gasteiger charge is 2.12. The van der Waals surface area contributed by atoms with Crippen molar-refractivity contribution in [3.05, 3.63) is 53.2 Å². The molecule has 1 aromatic carbocycles. The van der Waals surface area contributed by atoms with Gasteiger partial charge in [0.25, 0.3) is 0 Å². The molecule has 0 aliphatic heterocycles. The number of rotatable bonds is 5. The van der Waals surface area contributed by atoms with Crippen molar-refractivity contribution in [2.24, 2.45) is 0 Å². The van der Waals surface area contributed by atoms with E-state index in [4.69, 9.17) is 0 Å². The molecule has 5 nitrogen and oxygen atoms in total. The Morgan fingerprint density at radius 1 is 1.19 bits per heavy atom. The standard InChI is InChI=1S/C16H20N4O/c1-11-6-4-7-12(2)16(11)13(3)17-10-15(21)19-14-8-5-9-18-20-14/h4-9,13,17H,10H2,1-3H3,(H,19,20,21)/t13-/m0/s1. The summed E-state index contributed by atoms with van der Waals surface area (Å²) < 4.78 is 0. The summed E-state index contributed by atoms with van der Waals surface area (Å²) in [7, 11) is 0. The smallest absolute Gasteiger partial charge is 0.239 e. The molecule has 0 spiro atoms. The fraction of sp³-hybridized carbons (Fsp3) is 0.312. The van der Waals surface area contributed by atoms with Crippen molar-refractivity contribution in [1.29, 1.82) is 0 Å². The van der Waals surface area contributed by atoms with E-state index in [0.29, 0.717) is 5.82 Å². The largest absolute Gasteiger partial charge is 0.308 e. The zero-order valence-corrected chi connectivity index (χ0v) is 12.6. The van der Waals surface area contributed by atoms with Crippen molar-refractivity contribution in [1.82, 2.24) is 15.5 Å². The summed E-state index contributed by atoms with van der Waals surface area (Å²) in [6.07, 6.45) is 1.57. The highest BCUT2D eigenvalue weighted by Crippen LogP contribution is 2.21. The molecule has 0 radical (unpaired) electrons. The lowest BCUT2D eigenvalue weighted by Gasteiger charge is -2.18. The Hall–Kier alpha value is -2.27. The number of amides is 1. The first-order chi connectivity index (χ1) is 10.1. The van der Waals surface area contributed by atoms with Crippen molar-refractivity contribution in [3.63, 3.8) is 0 Å². The van der Waals surface area contributed by atoms with E-state index in [1.54, 1.807) is 18.3 Å². The van der Waals surface area contributed by atoms with Crippen molar-refractivity contribution < 1.29 is 4.79 Å². The first-order valence-corrected chi connectivity index (χ1v) is 6.95. The normalized spacial score (nSPS) is 12.0. The van der Waals surface area contributed by atoms with Gasteiger partial charge in [0.1, 0.15) is 0 Å². The molecule has 0 fully saturated rings. The van der Waals surface area contributed by atoms with Crippen LogP contribution in [0.15, 0.2) is 36.5 Å². The minimum absolute atomic E-state index is 0.110. The summed E-state index contributed by atoms with van der Waals surface area (Å²) in [5, 5.41) is 13.5. The third-order valence-corrected chi connectivity index (χ3v) is 3.38. The molecule has 2 N–H and O–H groups in total. The van der Waals surface area contributed by atoms with Crippen LogP contribution >= 0.6 is 0 Å². The molecule has 110 valence electrons. The molecule has 1 heterocycles. The van der Waals surface area contributed by atoms with E-state index in [1.165, 1.54) is 16.7 Å². The number of hydrogen-bond acceptors (Lipinski definition) is 4. The summed E-state index contributed by atoms with van der Waals surface area (Å²) >= 11 is 0. The summed E-state index contributed by atoms with van der Waals surface area (Å²) in [6.45, 7) is 6.46. The lowest BCUT2D eigenvalue weighted by molar-refractivity contribution is -0.115. The maximum absolute atomic E-state index is 11.9. The van der Waals surface area contributed by atoms with Crippen LogP contribution in [0.5, 0.6) is 0 Å². The predicted molar refractivity (Wildman–Crippen MR) is 83.0 cm³/mol. The Morgan fingerprint density at radius 3 is 2.52 bits per heavy atom. The number of anilines is 1. The third-order valence-electron chi connectivity index (χ3n) is 3.38. The second kappa shape index (κ2) is 6.95. The molecule has 21 heavy (non-hydrogen) atoms. The van der Waals surface area contributed by atoms with Gasteiger partial charge in [-0.3, -0.25) is 4.79 Å². The minimum Gasteiger partial charge on any atom is -0.308 e. The first-order valence-electron chi connectivity index (χ1n) is 6.95. The van der Waals surface area contributed by atoms with Crippen LogP contribution in [-0.2, 0) is 4.79 Å². The molecule has 0 bridgehead atoms. The number of aryl methyl sites for hydroxylation is 2. The topological polar surface area (TPSA) is 66.9 Å². The molecule has 0 aliphatic rings. The first kappa shape index (κ1) is 15.1. The van der Waals surface area contributed by atoms with E-state index < -0.39 is 0 Å². The van der Waals surface area contributed by atoms with Gasteiger partial charge in [-0.15, -0.1) is 5.10 Å². The van der Waals surface area contributed by atoms with Crippen LogP contribution in [0.1, 0.15) is 29.7 Å². The van der Waals surface area contributed by atoms with Crippen molar-refractivity contribution >= 4 is 11.7 Å². The van der Waals surface area contributed by atoms with Gasteiger partial charge < -0.3 is 10.6 Å². The molecule has 2 rings (SSSR count). The molecule has 0 aliphatic carbocycles. The van der Waals surface area contributed by atoms with Crippen LogP contribution in [0.3, 0.4) is 0 Å². The number of carbonyl (C=O) groups is 1. The lowest BCUT2D eigenvalue weighted by atomic mass is 9.97. The average Bonchev–Trinajstić information content (AvgIpc) is 2.46. The lowest BCUT2D eigenvalue weighted by Crippen LogP contribution is -2.31. The number of benzene rings is 1. The highest BCUT2D eigenvalue weighted by atomic mass is 16.2. The van der Waals surface area contributed by atoms with Gasteiger partial charge in [-0.25, -0.2) is 0 Å². The van der Waals surface area contributed by atoms with Crippen LogP contribution in [0.4, 0.5) is 5.82 Å². The Bertz CT molecular complexity index is 593. The van der Waals surface area contributed by atoms with E-state index in [9.17, 15) is 4.79 Å². The number of carbonyl (C=O) groups excluding carboxylic acids is 1. The van der Waals surface area contributed by atoms with Gasteiger partial charge in [0.15, 0.2) is 5.82 Å². The minimum atomic E-state index is -0.131. The Labute approximate surface area is 124 Å². The molecular formula is C16H20N4O. The van der Waals surface area contributed by atoms with E-state index in [2.05, 4.69) is 53.7 Å². The van der Waals surface area contributed by atoms with Gasteiger partial charge in [-0.05, 0) is 49.6 Å². The Morgan fingerprint density at radius 2 is 1.90 bits per heavy atom. The maximum Gasteiger partial charge on any atom is 0.239 e. The monoisotopic (exact) mass is 284 g/mol. The van der Waals surface area contributed by atoms with E-state index in [-0.39, 0.29) is 18.5 Å². The quantitative estimate of drug-likeness (QED) is 0.884. The summed E-state index contributed by atoms with van der Waals surface area (Å²) in [5.74, 6) is 0.331. The number of nitrogens with zero attached hydrogens (tertiary/aromatic N) is 2. The van der Waals surface area contributed by atoms with Gasteiger partial charge in [0.05, 0.1) is 6.54 Å². The van der Waals surface area contributed by atoms with Gasteiger partial charge in [0, 0.05) is 12.2 Å². The van der Waals surface area contributed by atoms with Crippen LogP contribution in [-0.4, -0.2) is 22.6 Å². The summed E-state index contributed by atoms with van der Waals surface area (Å²) in [6, 6.07) is 9.76. The number of hydrogen-bond donors (Lipinski definition) is 2. The second-order valence-corrected chi connectivity index (χ2v) is 5.07. The maximum atomic E-state index is 11.9. The van der Waals surface area contributed by atoms with Gasteiger partial charge in [-0.1, -0.05) is 18.2 Å². The SMILES string of the molecule is Cc1cccc(C)c1[C@H](C)NCC(=O)Nc1cccnn1. The van der Waals surface area contributed by atoms with Gasteiger partial charge in [-0.2, -0.15) is 5.10 Å². The van der Waals surface area contributed by atoms with Crippen molar-refractivity contribution in [2.75, 3.05) is 11.9 Å². The molecule has 0 unspecified atom stereocenters. The zero-order chi connectivity index (χ0) is 15.2. The number of nitrogens with one attached hydrogen (secondary N) is 2. The molecule has 5 heteroatoms. The highest BCUT2D eigenvalue weighted by molar-refractivity contribution is 5.91. The molecular weight excluding hydrogens is 264 g/mol. The zero-order valence-electron chi connectivity index (χ0n) is 12.6. The Kier molecular flexibility index (Phi) is 5.00.